The number of hydrogen-bond donors (Lipinski definition) is 0. The zero-order valence-electron chi connectivity index (χ0n) is 17.3. The summed E-state index contributed by atoms with van der Waals surface area (Å²) >= 11 is 1.73. The molecule has 0 spiro atoms. The molecule has 0 aliphatic rings. The minimum atomic E-state index is 0. The zero-order valence-corrected chi connectivity index (χ0v) is 20.5. The SMILES string of the molecule is CCn1c2ccccc2c2cc(-c3cnn4c5[c-]csc5c5ccccc5c34)ccc21.[Ir]. The molecule has 0 aliphatic carbocycles. The van der Waals surface area contributed by atoms with E-state index in [0.29, 0.717) is 0 Å². The van der Waals surface area contributed by atoms with E-state index in [2.05, 4.69) is 88.8 Å². The van der Waals surface area contributed by atoms with Crippen LogP contribution in [0.2, 0.25) is 0 Å². The molecule has 0 fully saturated rings. The molecule has 0 saturated heterocycles. The first-order valence-electron chi connectivity index (χ1n) is 10.5. The van der Waals surface area contributed by atoms with Gasteiger partial charge >= 0.3 is 0 Å². The third-order valence-corrected chi connectivity index (χ3v) is 7.28. The average molecular weight is 609 g/mol. The maximum Gasteiger partial charge on any atom is 0.0774 e. The van der Waals surface area contributed by atoms with Crippen molar-refractivity contribution in [2.24, 2.45) is 0 Å². The van der Waals surface area contributed by atoms with E-state index in [0.717, 1.165) is 23.1 Å². The third kappa shape index (κ3) is 2.53. The van der Waals surface area contributed by atoms with E-state index in [-0.39, 0.29) is 20.1 Å². The van der Waals surface area contributed by atoms with E-state index in [1.54, 1.807) is 11.3 Å². The Balaban J connectivity index is 0.00000196. The van der Waals surface area contributed by atoms with Crippen LogP contribution in [0.3, 0.4) is 0 Å². The van der Waals surface area contributed by atoms with Gasteiger partial charge in [0.2, 0.25) is 0 Å². The number of nitrogens with zero attached hydrogens (tertiary/aromatic N) is 3. The van der Waals surface area contributed by atoms with E-state index in [4.69, 9.17) is 5.10 Å². The van der Waals surface area contributed by atoms with E-state index in [9.17, 15) is 0 Å². The van der Waals surface area contributed by atoms with Crippen molar-refractivity contribution in [3.63, 3.8) is 0 Å². The number of thiophene rings is 1. The molecule has 7 aromatic rings. The Morgan fingerprint density at radius 3 is 2.47 bits per heavy atom. The van der Waals surface area contributed by atoms with Crippen LogP contribution < -0.4 is 0 Å². The molecule has 3 aromatic carbocycles. The monoisotopic (exact) mass is 609 g/mol. The summed E-state index contributed by atoms with van der Waals surface area (Å²) in [4.78, 5) is 0. The number of aromatic nitrogens is 3. The molecule has 3 nitrogen and oxygen atoms in total. The Morgan fingerprint density at radius 1 is 0.875 bits per heavy atom. The van der Waals surface area contributed by atoms with Crippen LogP contribution >= 0.6 is 11.3 Å². The Morgan fingerprint density at radius 2 is 1.62 bits per heavy atom. The van der Waals surface area contributed by atoms with Crippen molar-refractivity contribution in [2.45, 2.75) is 13.5 Å². The second-order valence-electron chi connectivity index (χ2n) is 7.92. The van der Waals surface area contributed by atoms with Gasteiger partial charge in [-0.2, -0.15) is 5.10 Å². The van der Waals surface area contributed by atoms with Gasteiger partial charge in [0.25, 0.3) is 0 Å². The Labute approximate surface area is 202 Å². The van der Waals surface area contributed by atoms with E-state index < -0.39 is 0 Å². The number of benzene rings is 3. The summed E-state index contributed by atoms with van der Waals surface area (Å²) in [6.45, 7) is 3.16. The van der Waals surface area contributed by atoms with Gasteiger partial charge in [0, 0.05) is 54.0 Å². The summed E-state index contributed by atoms with van der Waals surface area (Å²) in [5.41, 5.74) is 7.12. The van der Waals surface area contributed by atoms with Crippen molar-refractivity contribution in [3.05, 3.63) is 84.4 Å². The number of rotatable bonds is 2. The maximum atomic E-state index is 4.80. The molecule has 0 N–H and O–H groups in total. The van der Waals surface area contributed by atoms with E-state index in [1.807, 2.05) is 11.6 Å². The minimum absolute atomic E-state index is 0. The molecule has 4 heterocycles. The van der Waals surface area contributed by atoms with Crippen molar-refractivity contribution < 1.29 is 20.1 Å². The first-order valence-corrected chi connectivity index (χ1v) is 11.4. The molecule has 5 heteroatoms. The van der Waals surface area contributed by atoms with Gasteiger partial charge in [-0.3, -0.25) is 15.9 Å². The molecular weight excluding hydrogens is 591 g/mol. The van der Waals surface area contributed by atoms with Crippen molar-refractivity contribution >= 4 is 59.6 Å². The summed E-state index contributed by atoms with van der Waals surface area (Å²) in [5.74, 6) is 0. The van der Waals surface area contributed by atoms with Gasteiger partial charge < -0.3 is 4.57 Å². The topological polar surface area (TPSA) is 22.2 Å². The Hall–Kier alpha value is -2.98. The Kier molecular flexibility index (Phi) is 4.48. The van der Waals surface area contributed by atoms with Crippen LogP contribution in [0, 0.1) is 6.07 Å². The molecule has 0 bridgehead atoms. The van der Waals surface area contributed by atoms with Gasteiger partial charge in [-0.05, 0) is 36.1 Å². The standard InChI is InChI=1S/C27H18N3S.Ir/c1-2-29-23-10-6-5-7-18(23)21-15-17(11-12-24(21)29)22-16-28-30-25-13-14-31-27(25)20-9-4-3-8-19(20)26(22)30;/h3-12,14-16H,2H2,1H3;/q-1;. The summed E-state index contributed by atoms with van der Waals surface area (Å²) in [6, 6.07) is 27.5. The molecule has 0 aliphatic heterocycles. The Bertz CT molecular complexity index is 1790. The zero-order chi connectivity index (χ0) is 20.5. The van der Waals surface area contributed by atoms with Crippen molar-refractivity contribution in [3.8, 4) is 11.1 Å². The van der Waals surface area contributed by atoms with Crippen LogP contribution in [-0.2, 0) is 26.7 Å². The van der Waals surface area contributed by atoms with Crippen molar-refractivity contribution in [1.82, 2.24) is 14.2 Å². The minimum Gasteiger partial charge on any atom is -0.341 e. The van der Waals surface area contributed by atoms with Gasteiger partial charge in [0.05, 0.1) is 11.7 Å². The van der Waals surface area contributed by atoms with E-state index >= 15 is 0 Å². The molecule has 0 atom stereocenters. The van der Waals surface area contributed by atoms with Crippen LogP contribution in [0.1, 0.15) is 6.92 Å². The number of para-hydroxylation sites is 1. The largest absolute Gasteiger partial charge is 0.341 e. The third-order valence-electron chi connectivity index (χ3n) is 6.39. The fourth-order valence-corrected chi connectivity index (χ4v) is 5.90. The first-order chi connectivity index (χ1) is 15.3. The van der Waals surface area contributed by atoms with Crippen LogP contribution in [-0.4, -0.2) is 14.2 Å². The van der Waals surface area contributed by atoms with E-state index in [1.165, 1.54) is 42.8 Å². The van der Waals surface area contributed by atoms with Gasteiger partial charge in [0.15, 0.2) is 0 Å². The van der Waals surface area contributed by atoms with Crippen LogP contribution in [0.5, 0.6) is 0 Å². The predicted octanol–water partition coefficient (Wildman–Crippen LogP) is 7.29. The maximum absolute atomic E-state index is 4.80. The fourth-order valence-electron chi connectivity index (χ4n) is 5.05. The predicted molar refractivity (Wildman–Crippen MR) is 131 cm³/mol. The quantitative estimate of drug-likeness (QED) is 0.189. The normalized spacial score (nSPS) is 11.8. The van der Waals surface area contributed by atoms with Gasteiger partial charge in [-0.15, -0.1) is 5.38 Å². The summed E-state index contributed by atoms with van der Waals surface area (Å²) < 4.78 is 5.69. The average Bonchev–Trinajstić information content (AvgIpc) is 3.54. The van der Waals surface area contributed by atoms with Crippen molar-refractivity contribution in [2.75, 3.05) is 0 Å². The smallest absolute Gasteiger partial charge is 0.0774 e. The van der Waals surface area contributed by atoms with Gasteiger partial charge in [-0.1, -0.05) is 64.1 Å². The number of fused-ring (bicyclic) bond motifs is 9. The number of aryl methyl sites for hydroxylation is 1. The molecule has 0 unspecified atom stereocenters. The van der Waals surface area contributed by atoms with Gasteiger partial charge in [0.1, 0.15) is 0 Å². The molecule has 7 rings (SSSR count). The molecule has 157 valence electrons. The summed E-state index contributed by atoms with van der Waals surface area (Å²) in [6.07, 6.45) is 2.01. The number of pyridine rings is 1. The van der Waals surface area contributed by atoms with Crippen LogP contribution in [0.25, 0.3) is 59.4 Å². The first kappa shape index (κ1) is 19.7. The molecular formula is C27H18IrN3S-. The summed E-state index contributed by atoms with van der Waals surface area (Å²) in [5, 5.41) is 11.9. The van der Waals surface area contributed by atoms with Crippen LogP contribution in [0.15, 0.2) is 78.3 Å². The van der Waals surface area contributed by atoms with Crippen LogP contribution in [0.4, 0.5) is 0 Å². The second-order valence-corrected chi connectivity index (χ2v) is 8.79. The second kappa shape index (κ2) is 7.28. The molecule has 4 aromatic heterocycles. The molecule has 32 heavy (non-hydrogen) atoms. The molecule has 0 saturated carbocycles. The molecule has 1 radical (unpaired) electrons. The van der Waals surface area contributed by atoms with Crippen molar-refractivity contribution in [1.29, 1.82) is 0 Å². The van der Waals surface area contributed by atoms with Gasteiger partial charge in [-0.25, -0.2) is 6.07 Å². The summed E-state index contributed by atoms with van der Waals surface area (Å²) in [7, 11) is 0. The number of hydrogen-bond acceptors (Lipinski definition) is 2. The fraction of sp³-hybridized carbons (Fsp3) is 0.0741. The molecule has 0 amide bonds.